The Morgan fingerprint density at radius 2 is 2.40 bits per heavy atom. The van der Waals surface area contributed by atoms with Gasteiger partial charge in [0.25, 0.3) is 0 Å². The minimum absolute atomic E-state index is 0.600. The molecule has 0 fully saturated rings. The van der Waals surface area contributed by atoms with Crippen molar-refractivity contribution in [3.05, 3.63) is 0 Å². The fourth-order valence-corrected chi connectivity index (χ4v) is 1.95. The molecule has 0 aromatic rings. The maximum absolute atomic E-state index is 4.41. The molecule has 1 nitrogen and oxygen atoms in total. The third kappa shape index (κ3) is 1.99. The summed E-state index contributed by atoms with van der Waals surface area (Å²) in [6, 6.07) is 0. The van der Waals surface area contributed by atoms with Crippen LogP contribution < -0.4 is 0 Å². The summed E-state index contributed by atoms with van der Waals surface area (Å²) in [5.74, 6) is 0.750. The van der Waals surface area contributed by atoms with Crippen molar-refractivity contribution < 1.29 is 0 Å². The van der Waals surface area contributed by atoms with Crippen LogP contribution in [-0.2, 0) is 0 Å². The van der Waals surface area contributed by atoms with Crippen LogP contribution in [0.15, 0.2) is 4.99 Å². The third-order valence-electron chi connectivity index (χ3n) is 1.79. The molecule has 3 heteroatoms. The van der Waals surface area contributed by atoms with Gasteiger partial charge >= 0.3 is 0 Å². The normalized spacial score (nSPS) is 33.7. The summed E-state index contributed by atoms with van der Waals surface area (Å²) in [6.07, 6.45) is 3.25. The highest BCUT2D eigenvalue weighted by molar-refractivity contribution is 9.09. The number of hydrogen-bond acceptors (Lipinski definition) is 2. The Kier molecular flexibility index (Phi) is 3.24. The van der Waals surface area contributed by atoms with E-state index >= 15 is 0 Å². The van der Waals surface area contributed by atoms with Gasteiger partial charge in [-0.25, -0.2) is 0 Å². The molecule has 1 heterocycles. The lowest BCUT2D eigenvalue weighted by Crippen LogP contribution is -2.22. The van der Waals surface area contributed by atoms with Crippen LogP contribution in [0.1, 0.15) is 13.3 Å². The van der Waals surface area contributed by atoms with Gasteiger partial charge in [0.2, 0.25) is 0 Å². The van der Waals surface area contributed by atoms with Crippen molar-refractivity contribution in [2.24, 2.45) is 10.9 Å². The molecule has 0 saturated heterocycles. The molecule has 10 heavy (non-hydrogen) atoms. The van der Waals surface area contributed by atoms with Gasteiger partial charge in [0.15, 0.2) is 0 Å². The van der Waals surface area contributed by atoms with E-state index in [4.69, 9.17) is 0 Å². The Morgan fingerprint density at radius 3 is 2.90 bits per heavy atom. The second kappa shape index (κ2) is 3.77. The van der Waals surface area contributed by atoms with Crippen LogP contribution in [0.3, 0.4) is 0 Å². The maximum atomic E-state index is 4.41. The molecule has 0 aromatic heterocycles. The number of aliphatic imine (C=N–C) groups is 1. The van der Waals surface area contributed by atoms with Gasteiger partial charge in [0.05, 0.1) is 11.6 Å². The van der Waals surface area contributed by atoms with Crippen molar-refractivity contribution in [3.8, 4) is 0 Å². The van der Waals surface area contributed by atoms with Gasteiger partial charge in [-0.1, -0.05) is 22.9 Å². The molecule has 0 aliphatic carbocycles. The molecule has 0 aromatic carbocycles. The SMILES string of the molecule is CSC1=NCC(Br)C(C)C1. The quantitative estimate of drug-likeness (QED) is 0.574. The molecule has 2 atom stereocenters. The van der Waals surface area contributed by atoms with E-state index in [2.05, 4.69) is 34.1 Å². The highest BCUT2D eigenvalue weighted by atomic mass is 79.9. The summed E-state index contributed by atoms with van der Waals surface area (Å²) < 4.78 is 0. The summed E-state index contributed by atoms with van der Waals surface area (Å²) >= 11 is 5.37. The number of halogens is 1. The zero-order valence-electron chi connectivity index (χ0n) is 6.30. The average molecular weight is 222 g/mol. The lowest BCUT2D eigenvalue weighted by molar-refractivity contribution is 0.569. The number of thioether (sulfide) groups is 1. The molecule has 0 saturated carbocycles. The minimum Gasteiger partial charge on any atom is -0.282 e. The van der Waals surface area contributed by atoms with Crippen molar-refractivity contribution in [1.82, 2.24) is 0 Å². The van der Waals surface area contributed by atoms with Crippen molar-refractivity contribution >= 4 is 32.7 Å². The van der Waals surface area contributed by atoms with Gasteiger partial charge in [-0.3, -0.25) is 4.99 Å². The summed E-state index contributed by atoms with van der Waals surface area (Å²) in [5, 5.41) is 1.31. The molecule has 1 rings (SSSR count). The van der Waals surface area contributed by atoms with Crippen LogP contribution in [0, 0.1) is 5.92 Å². The van der Waals surface area contributed by atoms with E-state index in [1.807, 2.05) is 0 Å². The predicted molar refractivity (Wildman–Crippen MR) is 52.3 cm³/mol. The van der Waals surface area contributed by atoms with E-state index in [0.29, 0.717) is 4.83 Å². The van der Waals surface area contributed by atoms with E-state index in [0.717, 1.165) is 18.9 Å². The molecular formula is C7H12BrNS. The highest BCUT2D eigenvalue weighted by Gasteiger charge is 2.19. The van der Waals surface area contributed by atoms with E-state index in [9.17, 15) is 0 Å². The number of nitrogens with zero attached hydrogens (tertiary/aromatic N) is 1. The number of hydrogen-bond donors (Lipinski definition) is 0. The van der Waals surface area contributed by atoms with Crippen molar-refractivity contribution in [2.45, 2.75) is 18.2 Å². The first-order valence-corrected chi connectivity index (χ1v) is 5.59. The Hall–Kier alpha value is 0.500. The summed E-state index contributed by atoms with van der Waals surface area (Å²) in [7, 11) is 0. The van der Waals surface area contributed by atoms with Gasteiger partial charge in [-0.15, -0.1) is 11.8 Å². The van der Waals surface area contributed by atoms with Crippen LogP contribution in [0.25, 0.3) is 0 Å². The smallest absolute Gasteiger partial charge is 0.0676 e. The molecule has 2 unspecified atom stereocenters. The molecule has 58 valence electrons. The molecule has 0 radical (unpaired) electrons. The molecule has 0 spiro atoms. The monoisotopic (exact) mass is 221 g/mol. The second-order valence-corrected chi connectivity index (χ2v) is 4.69. The first-order chi connectivity index (χ1) is 4.74. The zero-order valence-corrected chi connectivity index (χ0v) is 8.70. The summed E-state index contributed by atoms with van der Waals surface area (Å²) in [5.41, 5.74) is 0. The van der Waals surface area contributed by atoms with Gasteiger partial charge in [-0.2, -0.15) is 0 Å². The molecule has 0 bridgehead atoms. The predicted octanol–water partition coefficient (Wildman–Crippen LogP) is 2.55. The van der Waals surface area contributed by atoms with Gasteiger partial charge < -0.3 is 0 Å². The number of alkyl halides is 1. The van der Waals surface area contributed by atoms with Crippen LogP contribution in [0.2, 0.25) is 0 Å². The molecular weight excluding hydrogens is 210 g/mol. The average Bonchev–Trinajstić information content (AvgIpc) is 1.95. The Balaban J connectivity index is 2.52. The first kappa shape index (κ1) is 8.60. The molecule has 1 aliphatic heterocycles. The largest absolute Gasteiger partial charge is 0.282 e. The molecule has 0 amide bonds. The third-order valence-corrected chi connectivity index (χ3v) is 3.75. The van der Waals surface area contributed by atoms with E-state index in [-0.39, 0.29) is 0 Å². The lowest BCUT2D eigenvalue weighted by Gasteiger charge is -2.22. The maximum Gasteiger partial charge on any atom is 0.0676 e. The Morgan fingerprint density at radius 1 is 1.70 bits per heavy atom. The van der Waals surface area contributed by atoms with Gasteiger partial charge in [0.1, 0.15) is 0 Å². The van der Waals surface area contributed by atoms with Crippen molar-refractivity contribution in [2.75, 3.05) is 12.8 Å². The van der Waals surface area contributed by atoms with E-state index in [1.54, 1.807) is 11.8 Å². The van der Waals surface area contributed by atoms with Crippen LogP contribution in [0.4, 0.5) is 0 Å². The van der Waals surface area contributed by atoms with Crippen LogP contribution >= 0.6 is 27.7 Å². The summed E-state index contributed by atoms with van der Waals surface area (Å²) in [6.45, 7) is 3.22. The Labute approximate surface area is 74.8 Å². The Bertz CT molecular complexity index is 147. The molecule has 0 N–H and O–H groups in total. The fourth-order valence-electron chi connectivity index (χ4n) is 0.985. The molecule has 1 aliphatic rings. The number of rotatable bonds is 0. The van der Waals surface area contributed by atoms with Crippen molar-refractivity contribution in [3.63, 3.8) is 0 Å². The second-order valence-electron chi connectivity index (χ2n) is 2.64. The zero-order chi connectivity index (χ0) is 7.56. The minimum atomic E-state index is 0.600. The topological polar surface area (TPSA) is 12.4 Å². The van der Waals surface area contributed by atoms with Crippen LogP contribution in [-0.4, -0.2) is 22.7 Å². The van der Waals surface area contributed by atoms with E-state index in [1.165, 1.54) is 5.04 Å². The summed E-state index contributed by atoms with van der Waals surface area (Å²) in [4.78, 5) is 5.01. The standard InChI is InChI=1S/C7H12BrNS/c1-5-3-7(10-2)9-4-6(5)8/h5-6H,3-4H2,1-2H3. The van der Waals surface area contributed by atoms with Crippen molar-refractivity contribution in [1.29, 1.82) is 0 Å². The highest BCUT2D eigenvalue weighted by Crippen LogP contribution is 2.24. The van der Waals surface area contributed by atoms with Crippen LogP contribution in [0.5, 0.6) is 0 Å². The lowest BCUT2D eigenvalue weighted by atomic mass is 10.0. The van der Waals surface area contributed by atoms with Gasteiger partial charge in [-0.05, 0) is 18.6 Å². The van der Waals surface area contributed by atoms with E-state index < -0.39 is 0 Å². The van der Waals surface area contributed by atoms with Gasteiger partial charge in [0, 0.05) is 4.83 Å². The first-order valence-electron chi connectivity index (χ1n) is 3.45. The fraction of sp³-hybridized carbons (Fsp3) is 0.857.